The van der Waals surface area contributed by atoms with Crippen molar-refractivity contribution < 1.29 is 21.6 Å². The Hall–Kier alpha value is -0.600. The molecule has 0 saturated heterocycles. The zero-order valence-corrected chi connectivity index (χ0v) is 12.9. The van der Waals surface area contributed by atoms with Gasteiger partial charge in [0.25, 0.3) is 0 Å². The fraction of sp³-hybridized carbons (Fsp3) is 0.700. The van der Waals surface area contributed by atoms with Crippen molar-refractivity contribution in [2.24, 2.45) is 0 Å². The highest BCUT2D eigenvalue weighted by molar-refractivity contribution is 7.94. The summed E-state index contributed by atoms with van der Waals surface area (Å²) in [6, 6.07) is 0. The quantitative estimate of drug-likeness (QED) is 0.452. The van der Waals surface area contributed by atoms with Gasteiger partial charge in [-0.3, -0.25) is 4.79 Å². The molecule has 0 unspecified atom stereocenters. The zero-order chi connectivity index (χ0) is 14.9. The van der Waals surface area contributed by atoms with Crippen LogP contribution < -0.4 is 5.32 Å². The van der Waals surface area contributed by atoms with Crippen LogP contribution in [0.5, 0.6) is 0 Å². The highest BCUT2D eigenvalue weighted by Crippen LogP contribution is 1.97. The molecule has 1 N–H and O–H groups in total. The molecule has 0 fully saturated rings. The van der Waals surface area contributed by atoms with Crippen molar-refractivity contribution in [2.45, 2.75) is 12.8 Å². The maximum atomic E-state index is 11.3. The van der Waals surface area contributed by atoms with Crippen LogP contribution in [-0.4, -0.2) is 52.4 Å². The van der Waals surface area contributed by atoms with Crippen LogP contribution in [0.2, 0.25) is 0 Å². The van der Waals surface area contributed by atoms with E-state index in [9.17, 15) is 21.6 Å². The van der Waals surface area contributed by atoms with Crippen molar-refractivity contribution >= 4 is 37.2 Å². The first kappa shape index (κ1) is 18.4. The van der Waals surface area contributed by atoms with Gasteiger partial charge in [0.1, 0.15) is 0 Å². The summed E-state index contributed by atoms with van der Waals surface area (Å²) in [5.74, 6) is -0.921. The molecule has 112 valence electrons. The van der Waals surface area contributed by atoms with Crippen LogP contribution in [0.15, 0.2) is 12.0 Å². The first-order valence-corrected chi connectivity index (χ1v) is 9.68. The number of halogens is 1. The summed E-state index contributed by atoms with van der Waals surface area (Å²) in [6.45, 7) is 3.35. The monoisotopic (exact) mass is 331 g/mol. The number of hydrogen-bond acceptors (Lipinski definition) is 5. The lowest BCUT2D eigenvalue weighted by molar-refractivity contribution is -0.120. The topological polar surface area (TPSA) is 97.4 Å². The molecule has 1 amide bonds. The SMILES string of the molecule is C=CS(=O)(=O)CCCNC(=O)CCS(=O)(=O)CCCl. The van der Waals surface area contributed by atoms with Crippen molar-refractivity contribution in [1.82, 2.24) is 5.32 Å². The van der Waals surface area contributed by atoms with Crippen molar-refractivity contribution in [3.05, 3.63) is 12.0 Å². The highest BCUT2D eigenvalue weighted by atomic mass is 35.5. The van der Waals surface area contributed by atoms with Crippen molar-refractivity contribution in [1.29, 1.82) is 0 Å². The molecule has 19 heavy (non-hydrogen) atoms. The first-order chi connectivity index (χ1) is 8.72. The van der Waals surface area contributed by atoms with E-state index < -0.39 is 25.6 Å². The summed E-state index contributed by atoms with van der Waals surface area (Å²) >= 11 is 5.32. The number of rotatable bonds is 10. The number of alkyl halides is 1. The van der Waals surface area contributed by atoms with Gasteiger partial charge in [-0.25, -0.2) is 16.8 Å². The third-order valence-corrected chi connectivity index (χ3v) is 5.64. The van der Waals surface area contributed by atoms with E-state index in [4.69, 9.17) is 11.6 Å². The third kappa shape index (κ3) is 9.92. The van der Waals surface area contributed by atoms with Gasteiger partial charge in [-0.2, -0.15) is 0 Å². The van der Waals surface area contributed by atoms with Gasteiger partial charge in [0, 0.05) is 24.3 Å². The molecule has 0 aliphatic heterocycles. The highest BCUT2D eigenvalue weighted by Gasteiger charge is 2.12. The molecule has 0 heterocycles. The summed E-state index contributed by atoms with van der Waals surface area (Å²) in [6.07, 6.45) is 0.113. The molecular weight excluding hydrogens is 314 g/mol. The van der Waals surface area contributed by atoms with Gasteiger partial charge in [-0.1, -0.05) is 6.58 Å². The second-order valence-electron chi connectivity index (χ2n) is 3.83. The Bertz CT molecular complexity index is 498. The van der Waals surface area contributed by atoms with Gasteiger partial charge in [0.05, 0.1) is 17.3 Å². The molecule has 0 aromatic carbocycles. The number of carbonyl (C=O) groups excluding carboxylic acids is 1. The summed E-state index contributed by atoms with van der Waals surface area (Å²) in [7, 11) is -6.54. The fourth-order valence-corrected chi connectivity index (χ4v) is 3.49. The standard InChI is InChI=1S/C10H18ClNO5S2/c1-2-18(14,15)7-3-6-12-10(13)4-8-19(16,17)9-5-11/h2H,1,3-9H2,(H,12,13). The van der Waals surface area contributed by atoms with Crippen LogP contribution in [-0.2, 0) is 24.5 Å². The molecule has 0 spiro atoms. The number of sulfone groups is 2. The van der Waals surface area contributed by atoms with E-state index in [1.807, 2.05) is 0 Å². The molecule has 0 saturated carbocycles. The molecule has 9 heteroatoms. The van der Waals surface area contributed by atoms with E-state index in [1.165, 1.54) is 0 Å². The van der Waals surface area contributed by atoms with E-state index >= 15 is 0 Å². The molecule has 0 radical (unpaired) electrons. The minimum atomic E-state index is -3.29. The molecule has 6 nitrogen and oxygen atoms in total. The molecule has 0 aliphatic rings. The van der Waals surface area contributed by atoms with E-state index in [0.717, 1.165) is 5.41 Å². The van der Waals surface area contributed by atoms with Gasteiger partial charge >= 0.3 is 0 Å². The third-order valence-electron chi connectivity index (χ3n) is 2.21. The molecule has 0 aromatic rings. The predicted octanol–water partition coefficient (Wildman–Crippen LogP) is 0.0947. The van der Waals surface area contributed by atoms with Gasteiger partial charge in [-0.15, -0.1) is 11.6 Å². The summed E-state index contributed by atoms with van der Waals surface area (Å²) < 4.78 is 44.7. The number of carbonyl (C=O) groups is 1. The smallest absolute Gasteiger partial charge is 0.221 e. The van der Waals surface area contributed by atoms with Crippen LogP contribution in [0.25, 0.3) is 0 Å². The van der Waals surface area contributed by atoms with E-state index in [2.05, 4.69) is 11.9 Å². The number of nitrogens with one attached hydrogen (secondary N) is 1. The van der Waals surface area contributed by atoms with Crippen molar-refractivity contribution in [3.8, 4) is 0 Å². The average molecular weight is 332 g/mol. The molecular formula is C10H18ClNO5S2. The number of amides is 1. The molecule has 0 atom stereocenters. The van der Waals surface area contributed by atoms with Crippen LogP contribution in [0.4, 0.5) is 0 Å². The van der Waals surface area contributed by atoms with E-state index in [-0.39, 0.29) is 42.5 Å². The van der Waals surface area contributed by atoms with Gasteiger partial charge in [0.2, 0.25) is 5.91 Å². The van der Waals surface area contributed by atoms with Crippen LogP contribution in [0, 0.1) is 0 Å². The Morgan fingerprint density at radius 3 is 2.32 bits per heavy atom. The lowest BCUT2D eigenvalue weighted by Gasteiger charge is -2.05. The lowest BCUT2D eigenvalue weighted by atomic mass is 10.4. The Labute approximate surface area is 119 Å². The van der Waals surface area contributed by atoms with Gasteiger partial charge in [0.15, 0.2) is 19.7 Å². The van der Waals surface area contributed by atoms with E-state index in [1.54, 1.807) is 0 Å². The maximum Gasteiger partial charge on any atom is 0.221 e. The first-order valence-electron chi connectivity index (χ1n) is 5.61. The molecule has 0 rings (SSSR count). The summed E-state index contributed by atoms with van der Waals surface area (Å²) in [5.41, 5.74) is 0. The Balaban J connectivity index is 3.87. The van der Waals surface area contributed by atoms with Crippen LogP contribution in [0.3, 0.4) is 0 Å². The van der Waals surface area contributed by atoms with E-state index in [0.29, 0.717) is 0 Å². The molecule has 0 bridgehead atoms. The van der Waals surface area contributed by atoms with Crippen molar-refractivity contribution in [2.75, 3.05) is 29.7 Å². The average Bonchev–Trinajstić information content (AvgIpc) is 2.32. The second kappa shape index (κ2) is 8.55. The molecule has 0 aliphatic carbocycles. The van der Waals surface area contributed by atoms with Crippen molar-refractivity contribution in [3.63, 3.8) is 0 Å². The summed E-state index contributed by atoms with van der Waals surface area (Å²) in [4.78, 5) is 11.3. The normalized spacial score (nSPS) is 12.1. The second-order valence-corrected chi connectivity index (χ2v) is 8.58. The fourth-order valence-electron chi connectivity index (χ4n) is 1.14. The lowest BCUT2D eigenvalue weighted by Crippen LogP contribution is -2.28. The molecule has 0 aromatic heterocycles. The Morgan fingerprint density at radius 1 is 1.16 bits per heavy atom. The summed E-state index contributed by atoms with van der Waals surface area (Å²) in [5, 5.41) is 3.33. The van der Waals surface area contributed by atoms with Gasteiger partial charge in [-0.05, 0) is 6.42 Å². The Kier molecular flexibility index (Phi) is 8.28. The Morgan fingerprint density at radius 2 is 1.79 bits per heavy atom. The largest absolute Gasteiger partial charge is 0.356 e. The predicted molar refractivity (Wildman–Crippen MR) is 75.6 cm³/mol. The van der Waals surface area contributed by atoms with Gasteiger partial charge < -0.3 is 5.32 Å². The minimum Gasteiger partial charge on any atom is -0.356 e. The minimum absolute atomic E-state index is 0.00334. The van der Waals surface area contributed by atoms with Crippen LogP contribution in [0.1, 0.15) is 12.8 Å². The zero-order valence-electron chi connectivity index (χ0n) is 10.5. The maximum absolute atomic E-state index is 11.3. The van der Waals surface area contributed by atoms with Crippen LogP contribution >= 0.6 is 11.6 Å². The number of hydrogen-bond donors (Lipinski definition) is 1.